The minimum atomic E-state index is -3.75. The summed E-state index contributed by atoms with van der Waals surface area (Å²) in [6.07, 6.45) is 1.70. The molecule has 0 aromatic heterocycles. The Morgan fingerprint density at radius 2 is 1.90 bits per heavy atom. The van der Waals surface area contributed by atoms with Crippen LogP contribution in [0.5, 0.6) is 0 Å². The van der Waals surface area contributed by atoms with E-state index in [1.165, 1.54) is 16.4 Å². The Morgan fingerprint density at radius 3 is 2.43 bits per heavy atom. The zero-order valence-electron chi connectivity index (χ0n) is 13.0. The van der Waals surface area contributed by atoms with Crippen LogP contribution in [-0.2, 0) is 16.6 Å². The first-order valence-corrected chi connectivity index (χ1v) is 8.90. The van der Waals surface area contributed by atoms with Gasteiger partial charge in [-0.15, -0.1) is 0 Å². The van der Waals surface area contributed by atoms with Gasteiger partial charge in [-0.25, -0.2) is 12.8 Å². The molecule has 6 heteroatoms. The normalized spacial score (nSPS) is 12.0. The molecule has 0 atom stereocenters. The summed E-state index contributed by atoms with van der Waals surface area (Å²) in [5.41, 5.74) is 0.749. The molecule has 1 aromatic carbocycles. The van der Waals surface area contributed by atoms with Crippen molar-refractivity contribution in [3.8, 4) is 0 Å². The third kappa shape index (κ3) is 4.76. The van der Waals surface area contributed by atoms with Crippen molar-refractivity contribution < 1.29 is 12.8 Å². The number of halogens is 1. The van der Waals surface area contributed by atoms with Gasteiger partial charge in [-0.2, -0.15) is 4.31 Å². The van der Waals surface area contributed by atoms with E-state index in [9.17, 15) is 12.8 Å². The van der Waals surface area contributed by atoms with E-state index in [2.05, 4.69) is 12.2 Å². The molecule has 0 unspecified atom stereocenters. The maximum atomic E-state index is 14.2. The first-order valence-electron chi connectivity index (χ1n) is 7.46. The summed E-state index contributed by atoms with van der Waals surface area (Å²) in [5, 5.41) is 3.16. The Morgan fingerprint density at radius 1 is 1.19 bits per heavy atom. The molecule has 1 rings (SSSR count). The number of sulfonamides is 1. The van der Waals surface area contributed by atoms with Gasteiger partial charge in [-0.1, -0.05) is 26.8 Å². The van der Waals surface area contributed by atoms with Crippen LogP contribution in [0.3, 0.4) is 0 Å². The van der Waals surface area contributed by atoms with Gasteiger partial charge in [0.2, 0.25) is 10.0 Å². The topological polar surface area (TPSA) is 49.4 Å². The van der Waals surface area contributed by atoms with Crippen molar-refractivity contribution >= 4 is 10.0 Å². The molecular formula is C15H25FN2O2S. The highest BCUT2D eigenvalue weighted by molar-refractivity contribution is 7.89. The molecule has 0 aliphatic heterocycles. The molecule has 1 N–H and O–H groups in total. The fourth-order valence-corrected chi connectivity index (χ4v) is 3.70. The maximum absolute atomic E-state index is 14.2. The summed E-state index contributed by atoms with van der Waals surface area (Å²) in [7, 11) is -3.75. The standard InChI is InChI=1S/C15H25FN2O2S/c1-4-9-17-12-13-7-8-15(14(16)11-13)21(19,20)18(6-3)10-5-2/h7-8,11,17H,4-6,9-10,12H2,1-3H3. The molecule has 0 aliphatic carbocycles. The van der Waals surface area contributed by atoms with Crippen LogP contribution in [0.4, 0.5) is 4.39 Å². The predicted octanol–water partition coefficient (Wildman–Crippen LogP) is 2.75. The van der Waals surface area contributed by atoms with E-state index in [-0.39, 0.29) is 4.90 Å². The minimum absolute atomic E-state index is 0.239. The van der Waals surface area contributed by atoms with E-state index in [0.717, 1.165) is 18.5 Å². The Hall–Kier alpha value is -0.980. The first kappa shape index (κ1) is 18.1. The molecule has 0 aliphatic rings. The van der Waals surface area contributed by atoms with Crippen molar-refractivity contribution in [3.05, 3.63) is 29.6 Å². The summed E-state index contributed by atoms with van der Waals surface area (Å²) < 4.78 is 40.3. The summed E-state index contributed by atoms with van der Waals surface area (Å²) in [4.78, 5) is -0.239. The van der Waals surface area contributed by atoms with Crippen LogP contribution < -0.4 is 5.32 Å². The van der Waals surface area contributed by atoms with Crippen LogP contribution in [0.15, 0.2) is 23.1 Å². The molecule has 0 amide bonds. The van der Waals surface area contributed by atoms with Crippen molar-refractivity contribution in [2.24, 2.45) is 0 Å². The first-order chi connectivity index (χ1) is 9.97. The monoisotopic (exact) mass is 316 g/mol. The minimum Gasteiger partial charge on any atom is -0.313 e. The van der Waals surface area contributed by atoms with Gasteiger partial charge in [-0.05, 0) is 37.1 Å². The number of nitrogens with zero attached hydrogens (tertiary/aromatic N) is 1. The molecule has 4 nitrogen and oxygen atoms in total. The second kappa shape index (κ2) is 8.46. The van der Waals surface area contributed by atoms with Crippen LogP contribution in [0.2, 0.25) is 0 Å². The second-order valence-corrected chi connectivity index (χ2v) is 6.84. The molecule has 21 heavy (non-hydrogen) atoms. The molecule has 0 radical (unpaired) electrons. The van der Waals surface area contributed by atoms with E-state index in [1.54, 1.807) is 13.0 Å². The molecule has 0 saturated carbocycles. The highest BCUT2D eigenvalue weighted by Gasteiger charge is 2.25. The number of rotatable bonds is 9. The van der Waals surface area contributed by atoms with Gasteiger partial charge in [0.05, 0.1) is 0 Å². The molecule has 0 fully saturated rings. The largest absolute Gasteiger partial charge is 0.313 e. The average Bonchev–Trinajstić information content (AvgIpc) is 2.44. The lowest BCUT2D eigenvalue weighted by atomic mass is 10.2. The van der Waals surface area contributed by atoms with Gasteiger partial charge in [0.25, 0.3) is 0 Å². The highest BCUT2D eigenvalue weighted by Crippen LogP contribution is 2.20. The van der Waals surface area contributed by atoms with Gasteiger partial charge >= 0.3 is 0 Å². The lowest BCUT2D eigenvalue weighted by Gasteiger charge is -2.20. The fraction of sp³-hybridized carbons (Fsp3) is 0.600. The Bertz CT molecular complexity index is 547. The summed E-state index contributed by atoms with van der Waals surface area (Å²) in [6.45, 7) is 7.84. The van der Waals surface area contributed by atoms with E-state index in [4.69, 9.17) is 0 Å². The van der Waals surface area contributed by atoms with Crippen molar-refractivity contribution in [1.29, 1.82) is 0 Å². The summed E-state index contributed by atoms with van der Waals surface area (Å²) in [6, 6.07) is 4.33. The fourth-order valence-electron chi connectivity index (χ4n) is 2.11. The Labute approximate surface area is 127 Å². The van der Waals surface area contributed by atoms with Crippen LogP contribution in [0.25, 0.3) is 0 Å². The molecule has 0 saturated heterocycles. The van der Waals surface area contributed by atoms with E-state index < -0.39 is 15.8 Å². The quantitative estimate of drug-likeness (QED) is 0.713. The SMILES string of the molecule is CCCNCc1ccc(S(=O)(=O)N(CC)CCC)c(F)c1. The molecule has 0 bridgehead atoms. The highest BCUT2D eigenvalue weighted by atomic mass is 32.2. The zero-order valence-corrected chi connectivity index (χ0v) is 13.8. The third-order valence-electron chi connectivity index (χ3n) is 3.20. The molecular weight excluding hydrogens is 291 g/mol. The zero-order chi connectivity index (χ0) is 15.9. The Balaban J connectivity index is 2.97. The van der Waals surface area contributed by atoms with Gasteiger partial charge in [0, 0.05) is 19.6 Å². The van der Waals surface area contributed by atoms with Gasteiger partial charge < -0.3 is 5.32 Å². The third-order valence-corrected chi connectivity index (χ3v) is 5.20. The molecule has 1 aromatic rings. The average molecular weight is 316 g/mol. The van der Waals surface area contributed by atoms with Gasteiger partial charge in [-0.3, -0.25) is 0 Å². The van der Waals surface area contributed by atoms with E-state index in [0.29, 0.717) is 26.1 Å². The number of hydrogen-bond acceptors (Lipinski definition) is 3. The lowest BCUT2D eigenvalue weighted by molar-refractivity contribution is 0.423. The number of benzene rings is 1. The van der Waals surface area contributed by atoms with Crippen LogP contribution in [0, 0.1) is 5.82 Å². The van der Waals surface area contributed by atoms with E-state index >= 15 is 0 Å². The van der Waals surface area contributed by atoms with Crippen LogP contribution in [-0.4, -0.2) is 32.4 Å². The Kier molecular flexibility index (Phi) is 7.28. The van der Waals surface area contributed by atoms with Crippen LogP contribution in [0.1, 0.15) is 39.2 Å². The van der Waals surface area contributed by atoms with Crippen molar-refractivity contribution in [2.75, 3.05) is 19.6 Å². The molecule has 120 valence electrons. The summed E-state index contributed by atoms with van der Waals surface area (Å²) in [5.74, 6) is -0.680. The van der Waals surface area contributed by atoms with Crippen molar-refractivity contribution in [2.45, 2.75) is 45.1 Å². The van der Waals surface area contributed by atoms with Gasteiger partial charge in [0.1, 0.15) is 10.7 Å². The van der Waals surface area contributed by atoms with Crippen LogP contribution >= 0.6 is 0 Å². The van der Waals surface area contributed by atoms with Crippen molar-refractivity contribution in [1.82, 2.24) is 9.62 Å². The maximum Gasteiger partial charge on any atom is 0.245 e. The van der Waals surface area contributed by atoms with Gasteiger partial charge in [0.15, 0.2) is 0 Å². The summed E-state index contributed by atoms with van der Waals surface area (Å²) >= 11 is 0. The predicted molar refractivity (Wildman–Crippen MR) is 83.1 cm³/mol. The molecule has 0 heterocycles. The number of hydrogen-bond donors (Lipinski definition) is 1. The molecule has 0 spiro atoms. The van der Waals surface area contributed by atoms with Crippen molar-refractivity contribution in [3.63, 3.8) is 0 Å². The second-order valence-electron chi connectivity index (χ2n) is 4.94. The smallest absolute Gasteiger partial charge is 0.245 e. The van der Waals surface area contributed by atoms with E-state index in [1.807, 2.05) is 6.92 Å². The number of nitrogens with one attached hydrogen (secondary N) is 1. The lowest BCUT2D eigenvalue weighted by Crippen LogP contribution is -2.32.